The lowest BCUT2D eigenvalue weighted by atomic mass is 10.2. The fourth-order valence-corrected chi connectivity index (χ4v) is 3.21. The van der Waals surface area contributed by atoms with Crippen LogP contribution in [0.15, 0.2) is 65.4 Å². The van der Waals surface area contributed by atoms with E-state index >= 15 is 0 Å². The number of pyridine rings is 1. The zero-order chi connectivity index (χ0) is 19.3. The highest BCUT2D eigenvalue weighted by molar-refractivity contribution is 9.10. The molecule has 0 aliphatic carbocycles. The van der Waals surface area contributed by atoms with E-state index in [0.717, 1.165) is 32.5 Å². The van der Waals surface area contributed by atoms with Gasteiger partial charge < -0.3 is 10.1 Å². The Morgan fingerprint density at radius 2 is 1.96 bits per heavy atom. The number of halogens is 2. The Hall–Kier alpha value is -2.64. The average Bonchev–Trinajstić information content (AvgIpc) is 3.15. The maximum absolute atomic E-state index is 6.04. The van der Waals surface area contributed by atoms with Gasteiger partial charge >= 0.3 is 0 Å². The first-order valence-electron chi connectivity index (χ1n) is 8.73. The predicted molar refractivity (Wildman–Crippen MR) is 114 cm³/mol. The SMILES string of the molecule is Clc1ccc2c(NCCn3cc(COc4ccc(Br)cc4)nn3)ccnc2c1. The highest BCUT2D eigenvalue weighted by Crippen LogP contribution is 2.24. The molecule has 0 aliphatic heterocycles. The summed E-state index contributed by atoms with van der Waals surface area (Å²) in [5.41, 5.74) is 2.66. The summed E-state index contributed by atoms with van der Waals surface area (Å²) in [7, 11) is 0. The molecule has 0 radical (unpaired) electrons. The number of hydrogen-bond donors (Lipinski definition) is 1. The van der Waals surface area contributed by atoms with Gasteiger partial charge in [-0.15, -0.1) is 5.10 Å². The van der Waals surface area contributed by atoms with E-state index in [1.165, 1.54) is 0 Å². The number of nitrogens with zero attached hydrogens (tertiary/aromatic N) is 4. The first-order valence-corrected chi connectivity index (χ1v) is 9.90. The Balaban J connectivity index is 1.32. The number of ether oxygens (including phenoxy) is 1. The van der Waals surface area contributed by atoms with E-state index in [1.807, 2.05) is 54.7 Å². The van der Waals surface area contributed by atoms with Crippen molar-refractivity contribution in [2.24, 2.45) is 0 Å². The largest absolute Gasteiger partial charge is 0.487 e. The average molecular weight is 459 g/mol. The third-order valence-corrected chi connectivity index (χ3v) is 4.91. The molecular weight excluding hydrogens is 442 g/mol. The van der Waals surface area contributed by atoms with Crippen molar-refractivity contribution >= 4 is 44.1 Å². The topological polar surface area (TPSA) is 64.9 Å². The zero-order valence-electron chi connectivity index (χ0n) is 14.8. The molecule has 0 bridgehead atoms. The fraction of sp³-hybridized carbons (Fsp3) is 0.150. The van der Waals surface area contributed by atoms with Gasteiger partial charge in [0.15, 0.2) is 0 Å². The van der Waals surface area contributed by atoms with Gasteiger partial charge in [-0.2, -0.15) is 0 Å². The Labute approximate surface area is 175 Å². The molecule has 6 nitrogen and oxygen atoms in total. The van der Waals surface area contributed by atoms with Crippen molar-refractivity contribution in [2.45, 2.75) is 13.2 Å². The van der Waals surface area contributed by atoms with Crippen LogP contribution in [0.3, 0.4) is 0 Å². The van der Waals surface area contributed by atoms with E-state index in [0.29, 0.717) is 24.7 Å². The highest BCUT2D eigenvalue weighted by Gasteiger charge is 2.05. The lowest BCUT2D eigenvalue weighted by Crippen LogP contribution is -2.11. The number of fused-ring (bicyclic) bond motifs is 1. The van der Waals surface area contributed by atoms with Crippen LogP contribution < -0.4 is 10.1 Å². The molecule has 28 heavy (non-hydrogen) atoms. The summed E-state index contributed by atoms with van der Waals surface area (Å²) in [6, 6.07) is 15.3. The van der Waals surface area contributed by atoms with Gasteiger partial charge in [-0.25, -0.2) is 0 Å². The summed E-state index contributed by atoms with van der Waals surface area (Å²) in [6.45, 7) is 1.77. The molecule has 0 saturated carbocycles. The van der Waals surface area contributed by atoms with Crippen LogP contribution in [-0.4, -0.2) is 26.5 Å². The molecule has 0 unspecified atom stereocenters. The van der Waals surface area contributed by atoms with E-state index in [1.54, 1.807) is 10.9 Å². The minimum absolute atomic E-state index is 0.380. The maximum Gasteiger partial charge on any atom is 0.134 e. The standard InChI is InChI=1S/C20H17BrClN5O/c21-14-1-4-17(5-2-14)28-13-16-12-27(26-25-16)10-9-24-19-7-8-23-20-11-15(22)3-6-18(19)20/h1-8,11-12H,9-10,13H2,(H,23,24). The molecule has 2 heterocycles. The van der Waals surface area contributed by atoms with Crippen molar-refractivity contribution in [2.75, 3.05) is 11.9 Å². The number of rotatable bonds is 7. The van der Waals surface area contributed by atoms with Gasteiger partial charge in [-0.3, -0.25) is 9.67 Å². The normalized spacial score (nSPS) is 10.9. The number of aromatic nitrogens is 4. The molecule has 0 saturated heterocycles. The van der Waals surface area contributed by atoms with Gasteiger partial charge in [-0.1, -0.05) is 32.7 Å². The summed E-state index contributed by atoms with van der Waals surface area (Å²) in [4.78, 5) is 4.35. The molecule has 0 fully saturated rings. The number of hydrogen-bond acceptors (Lipinski definition) is 5. The third-order valence-electron chi connectivity index (χ3n) is 4.15. The van der Waals surface area contributed by atoms with E-state index in [-0.39, 0.29) is 0 Å². The van der Waals surface area contributed by atoms with Crippen LogP contribution >= 0.6 is 27.5 Å². The van der Waals surface area contributed by atoms with Gasteiger partial charge in [0.2, 0.25) is 0 Å². The smallest absolute Gasteiger partial charge is 0.134 e. The van der Waals surface area contributed by atoms with Crippen LogP contribution in [0.1, 0.15) is 5.69 Å². The highest BCUT2D eigenvalue weighted by atomic mass is 79.9. The van der Waals surface area contributed by atoms with Crippen LogP contribution in [0.4, 0.5) is 5.69 Å². The van der Waals surface area contributed by atoms with Crippen molar-refractivity contribution in [1.82, 2.24) is 20.0 Å². The quantitative estimate of drug-likeness (QED) is 0.425. The summed E-state index contributed by atoms with van der Waals surface area (Å²) in [6.07, 6.45) is 3.67. The molecule has 1 N–H and O–H groups in total. The minimum Gasteiger partial charge on any atom is -0.487 e. The van der Waals surface area contributed by atoms with Crippen LogP contribution in [0.2, 0.25) is 5.02 Å². The van der Waals surface area contributed by atoms with Gasteiger partial charge in [0.05, 0.1) is 18.3 Å². The van der Waals surface area contributed by atoms with Crippen LogP contribution in [-0.2, 0) is 13.2 Å². The molecule has 8 heteroatoms. The van der Waals surface area contributed by atoms with Crippen molar-refractivity contribution < 1.29 is 4.74 Å². The van der Waals surface area contributed by atoms with Crippen molar-refractivity contribution in [3.05, 3.63) is 76.1 Å². The Morgan fingerprint density at radius 1 is 1.11 bits per heavy atom. The second-order valence-electron chi connectivity index (χ2n) is 6.16. The molecule has 142 valence electrons. The summed E-state index contributed by atoms with van der Waals surface area (Å²) >= 11 is 9.44. The summed E-state index contributed by atoms with van der Waals surface area (Å²) < 4.78 is 8.54. The van der Waals surface area contributed by atoms with Crippen molar-refractivity contribution in [3.8, 4) is 5.75 Å². The molecule has 4 rings (SSSR count). The van der Waals surface area contributed by atoms with Crippen molar-refractivity contribution in [3.63, 3.8) is 0 Å². The van der Waals surface area contributed by atoms with Gasteiger partial charge in [0.25, 0.3) is 0 Å². The fourth-order valence-electron chi connectivity index (χ4n) is 2.78. The lowest BCUT2D eigenvalue weighted by molar-refractivity contribution is 0.301. The second-order valence-corrected chi connectivity index (χ2v) is 7.51. The molecular formula is C20H17BrClN5O. The maximum atomic E-state index is 6.04. The molecule has 4 aromatic rings. The molecule has 0 amide bonds. The third kappa shape index (κ3) is 4.61. The number of benzene rings is 2. The Bertz CT molecular complexity index is 1080. The van der Waals surface area contributed by atoms with Gasteiger partial charge in [0.1, 0.15) is 18.1 Å². The minimum atomic E-state index is 0.380. The zero-order valence-corrected chi connectivity index (χ0v) is 17.2. The van der Waals surface area contributed by atoms with E-state index in [9.17, 15) is 0 Å². The monoisotopic (exact) mass is 457 g/mol. The molecule has 2 aromatic carbocycles. The van der Waals surface area contributed by atoms with Crippen LogP contribution in [0.5, 0.6) is 5.75 Å². The lowest BCUT2D eigenvalue weighted by Gasteiger charge is -2.09. The van der Waals surface area contributed by atoms with E-state index in [4.69, 9.17) is 16.3 Å². The molecule has 0 aliphatic rings. The Morgan fingerprint density at radius 3 is 2.82 bits per heavy atom. The predicted octanol–water partition coefficient (Wildman–Crippen LogP) is 4.93. The second kappa shape index (κ2) is 8.58. The molecule has 2 aromatic heterocycles. The van der Waals surface area contributed by atoms with Gasteiger partial charge in [0, 0.05) is 33.3 Å². The van der Waals surface area contributed by atoms with Gasteiger partial charge in [-0.05, 0) is 48.5 Å². The Kier molecular flexibility index (Phi) is 5.73. The first kappa shape index (κ1) is 18.7. The van der Waals surface area contributed by atoms with E-state index < -0.39 is 0 Å². The summed E-state index contributed by atoms with van der Waals surface area (Å²) in [5.74, 6) is 0.795. The van der Waals surface area contributed by atoms with Crippen LogP contribution in [0.25, 0.3) is 10.9 Å². The summed E-state index contributed by atoms with van der Waals surface area (Å²) in [5, 5.41) is 13.5. The van der Waals surface area contributed by atoms with Crippen molar-refractivity contribution in [1.29, 1.82) is 0 Å². The van der Waals surface area contributed by atoms with E-state index in [2.05, 4.69) is 36.5 Å². The number of anilines is 1. The van der Waals surface area contributed by atoms with Crippen LogP contribution in [0, 0.1) is 0 Å². The molecule has 0 atom stereocenters. The molecule has 0 spiro atoms. The first-order chi connectivity index (χ1) is 13.7. The number of nitrogens with one attached hydrogen (secondary N) is 1.